The molecule has 1 aromatic rings. The Labute approximate surface area is 159 Å². The van der Waals surface area contributed by atoms with Gasteiger partial charge >= 0.3 is 12.0 Å². The topological polar surface area (TPSA) is 84.5 Å². The smallest absolute Gasteiger partial charge is 0.340 e. The monoisotopic (exact) mass is 400 g/mol. The molecule has 6 nitrogen and oxygen atoms in total. The standard InChI is InChI=1S/C18H19ClF2N2O4/c19-13-9-15(21)14(20)8-12(13)17(25)27-10-16(24)23-18(26)22-7-6-11-4-2-1-3-5-11/h4,8-9H,1-3,5-7,10H2,(H2,22,23,24,26). The van der Waals surface area contributed by atoms with Crippen LogP contribution in [0.1, 0.15) is 42.5 Å². The van der Waals surface area contributed by atoms with Gasteiger partial charge in [-0.1, -0.05) is 23.3 Å². The van der Waals surface area contributed by atoms with Gasteiger partial charge < -0.3 is 10.1 Å². The van der Waals surface area contributed by atoms with E-state index in [1.807, 2.05) is 5.32 Å². The molecule has 0 radical (unpaired) electrons. The second-order valence-electron chi connectivity index (χ2n) is 5.98. The summed E-state index contributed by atoms with van der Waals surface area (Å²) >= 11 is 5.64. The van der Waals surface area contributed by atoms with Crippen LogP contribution in [0.4, 0.5) is 13.6 Å². The van der Waals surface area contributed by atoms with Crippen molar-refractivity contribution >= 4 is 29.5 Å². The molecule has 0 aromatic heterocycles. The maximum atomic E-state index is 13.2. The Kier molecular flexibility index (Phi) is 7.72. The van der Waals surface area contributed by atoms with Crippen LogP contribution >= 0.6 is 11.6 Å². The number of ether oxygens (including phenoxy) is 1. The molecule has 0 aliphatic heterocycles. The van der Waals surface area contributed by atoms with Gasteiger partial charge in [0, 0.05) is 6.54 Å². The average Bonchev–Trinajstić information content (AvgIpc) is 2.63. The number of nitrogens with one attached hydrogen (secondary N) is 2. The van der Waals surface area contributed by atoms with Crippen molar-refractivity contribution in [2.75, 3.05) is 13.2 Å². The van der Waals surface area contributed by atoms with Gasteiger partial charge in [0.15, 0.2) is 18.2 Å². The number of allylic oxidation sites excluding steroid dienone is 1. The van der Waals surface area contributed by atoms with Crippen molar-refractivity contribution in [2.24, 2.45) is 0 Å². The van der Waals surface area contributed by atoms with Crippen molar-refractivity contribution in [3.63, 3.8) is 0 Å². The van der Waals surface area contributed by atoms with E-state index in [1.54, 1.807) is 0 Å². The number of amides is 3. The van der Waals surface area contributed by atoms with E-state index in [2.05, 4.69) is 16.1 Å². The van der Waals surface area contributed by atoms with Gasteiger partial charge in [-0.05, 0) is 44.2 Å². The molecule has 0 spiro atoms. The van der Waals surface area contributed by atoms with E-state index in [0.717, 1.165) is 19.3 Å². The molecule has 0 atom stereocenters. The van der Waals surface area contributed by atoms with Crippen LogP contribution in [0.3, 0.4) is 0 Å². The maximum absolute atomic E-state index is 13.2. The van der Waals surface area contributed by atoms with Gasteiger partial charge in [-0.25, -0.2) is 18.4 Å². The Morgan fingerprint density at radius 2 is 1.89 bits per heavy atom. The molecule has 0 fully saturated rings. The summed E-state index contributed by atoms with van der Waals surface area (Å²) in [5.74, 6) is -4.46. The van der Waals surface area contributed by atoms with E-state index in [9.17, 15) is 23.2 Å². The van der Waals surface area contributed by atoms with E-state index in [4.69, 9.17) is 11.6 Å². The van der Waals surface area contributed by atoms with Crippen LogP contribution in [0.15, 0.2) is 23.8 Å². The molecule has 0 heterocycles. The lowest BCUT2D eigenvalue weighted by molar-refractivity contribution is -0.123. The largest absolute Gasteiger partial charge is 0.452 e. The second kappa shape index (κ2) is 10.0. The van der Waals surface area contributed by atoms with E-state index in [-0.39, 0.29) is 5.02 Å². The first-order valence-electron chi connectivity index (χ1n) is 8.44. The highest BCUT2D eigenvalue weighted by atomic mass is 35.5. The highest BCUT2D eigenvalue weighted by molar-refractivity contribution is 6.33. The van der Waals surface area contributed by atoms with Crippen LogP contribution in [0.25, 0.3) is 0 Å². The van der Waals surface area contributed by atoms with Crippen molar-refractivity contribution in [3.8, 4) is 0 Å². The van der Waals surface area contributed by atoms with E-state index in [0.29, 0.717) is 25.1 Å². The molecule has 146 valence electrons. The Balaban J connectivity index is 1.72. The first-order chi connectivity index (χ1) is 12.9. The third-order valence-electron chi connectivity index (χ3n) is 3.93. The SMILES string of the molecule is O=C(COC(=O)c1cc(F)c(F)cc1Cl)NC(=O)NCCC1=CCCCC1. The van der Waals surface area contributed by atoms with Crippen molar-refractivity contribution < 1.29 is 27.9 Å². The molecule has 0 bridgehead atoms. The maximum Gasteiger partial charge on any atom is 0.340 e. The third kappa shape index (κ3) is 6.63. The van der Waals surface area contributed by atoms with Crippen LogP contribution < -0.4 is 10.6 Å². The molecule has 0 saturated heterocycles. The normalized spacial score (nSPS) is 13.5. The molecule has 3 amide bonds. The Bertz CT molecular complexity index is 768. The summed E-state index contributed by atoms with van der Waals surface area (Å²) in [6.45, 7) is -0.387. The fourth-order valence-corrected chi connectivity index (χ4v) is 2.79. The summed E-state index contributed by atoms with van der Waals surface area (Å²) in [5, 5.41) is 4.19. The zero-order chi connectivity index (χ0) is 19.8. The zero-order valence-corrected chi connectivity index (χ0v) is 15.2. The molecule has 1 aliphatic rings. The van der Waals surface area contributed by atoms with Crippen LogP contribution in [0, 0.1) is 11.6 Å². The van der Waals surface area contributed by atoms with Gasteiger partial charge in [-0.3, -0.25) is 10.1 Å². The molecule has 1 aliphatic carbocycles. The summed E-state index contributed by atoms with van der Waals surface area (Å²) in [6, 6.07) is 0.492. The second-order valence-corrected chi connectivity index (χ2v) is 6.39. The fourth-order valence-electron chi connectivity index (χ4n) is 2.56. The van der Waals surface area contributed by atoms with Gasteiger partial charge in [-0.15, -0.1) is 0 Å². The van der Waals surface area contributed by atoms with Gasteiger partial charge in [0.2, 0.25) is 0 Å². The van der Waals surface area contributed by atoms with Crippen LogP contribution in [-0.2, 0) is 9.53 Å². The molecule has 2 N–H and O–H groups in total. The van der Waals surface area contributed by atoms with Crippen molar-refractivity contribution in [1.82, 2.24) is 10.6 Å². The molecule has 0 saturated carbocycles. The molecule has 9 heteroatoms. The number of hydrogen-bond donors (Lipinski definition) is 2. The van der Waals surface area contributed by atoms with Gasteiger partial charge in [0.25, 0.3) is 5.91 Å². The van der Waals surface area contributed by atoms with Crippen molar-refractivity contribution in [1.29, 1.82) is 0 Å². The fraction of sp³-hybridized carbons (Fsp3) is 0.389. The molecule has 1 aromatic carbocycles. The number of hydrogen-bond acceptors (Lipinski definition) is 4. The van der Waals surface area contributed by atoms with Gasteiger partial charge in [0.05, 0.1) is 10.6 Å². The number of urea groups is 1. The van der Waals surface area contributed by atoms with Crippen molar-refractivity contribution in [2.45, 2.75) is 32.1 Å². The number of carbonyl (C=O) groups excluding carboxylic acids is 3. The van der Waals surface area contributed by atoms with Crippen LogP contribution in [0.5, 0.6) is 0 Å². The Hall–Kier alpha value is -2.48. The molecular formula is C18H19ClF2N2O4. The minimum atomic E-state index is -1.27. The summed E-state index contributed by atoms with van der Waals surface area (Å²) in [7, 11) is 0. The van der Waals surface area contributed by atoms with Gasteiger partial charge in [0.1, 0.15) is 0 Å². The van der Waals surface area contributed by atoms with Crippen LogP contribution in [-0.4, -0.2) is 31.1 Å². The molecule has 2 rings (SSSR count). The van der Waals surface area contributed by atoms with E-state index in [1.165, 1.54) is 12.0 Å². The minimum Gasteiger partial charge on any atom is -0.452 e. The first kappa shape index (κ1) is 20.8. The first-order valence-corrected chi connectivity index (χ1v) is 8.82. The minimum absolute atomic E-state index is 0.353. The number of imide groups is 1. The summed E-state index contributed by atoms with van der Waals surface area (Å²) < 4.78 is 30.8. The molecular weight excluding hydrogens is 382 g/mol. The third-order valence-corrected chi connectivity index (χ3v) is 4.25. The quantitative estimate of drug-likeness (QED) is 0.435. The zero-order valence-electron chi connectivity index (χ0n) is 14.4. The summed E-state index contributed by atoms with van der Waals surface area (Å²) in [6.07, 6.45) is 7.27. The number of benzene rings is 1. The number of carbonyl (C=O) groups is 3. The highest BCUT2D eigenvalue weighted by Gasteiger charge is 2.18. The lowest BCUT2D eigenvalue weighted by Crippen LogP contribution is -2.41. The number of halogens is 3. The summed E-state index contributed by atoms with van der Waals surface area (Å²) in [4.78, 5) is 35.0. The van der Waals surface area contributed by atoms with Crippen molar-refractivity contribution in [3.05, 3.63) is 46.0 Å². The molecule has 0 unspecified atom stereocenters. The highest BCUT2D eigenvalue weighted by Crippen LogP contribution is 2.21. The Morgan fingerprint density at radius 3 is 2.59 bits per heavy atom. The lowest BCUT2D eigenvalue weighted by atomic mass is 9.97. The van der Waals surface area contributed by atoms with E-state index < -0.39 is 41.7 Å². The summed E-state index contributed by atoms with van der Waals surface area (Å²) in [5.41, 5.74) is 0.860. The lowest BCUT2D eigenvalue weighted by Gasteiger charge is -2.13. The molecule has 27 heavy (non-hydrogen) atoms. The predicted octanol–water partition coefficient (Wildman–Crippen LogP) is 3.49. The average molecular weight is 401 g/mol. The van der Waals surface area contributed by atoms with Crippen LogP contribution in [0.2, 0.25) is 5.02 Å². The van der Waals surface area contributed by atoms with E-state index >= 15 is 0 Å². The number of esters is 1. The van der Waals surface area contributed by atoms with Gasteiger partial charge in [-0.2, -0.15) is 0 Å². The Morgan fingerprint density at radius 1 is 1.15 bits per heavy atom. The predicted molar refractivity (Wildman–Crippen MR) is 94.4 cm³/mol. The number of rotatable bonds is 6.